The molecule has 0 saturated carbocycles. The Bertz CT molecular complexity index is 740. The first-order chi connectivity index (χ1) is 12.2. The SMILES string of the molecule is CC(C)C1CC(c2ccncc2N=O)=CC(NCc2ccccc2)C1. The molecule has 0 radical (unpaired) electrons. The summed E-state index contributed by atoms with van der Waals surface area (Å²) in [5, 5.41) is 6.82. The summed E-state index contributed by atoms with van der Waals surface area (Å²) in [4.78, 5) is 15.2. The van der Waals surface area contributed by atoms with Gasteiger partial charge in [0, 0.05) is 24.3 Å². The zero-order chi connectivity index (χ0) is 17.6. The van der Waals surface area contributed by atoms with E-state index in [9.17, 15) is 4.91 Å². The molecule has 4 heteroatoms. The van der Waals surface area contributed by atoms with E-state index in [1.165, 1.54) is 11.1 Å². The lowest BCUT2D eigenvalue weighted by atomic mass is 9.77. The van der Waals surface area contributed by atoms with Crippen molar-refractivity contribution in [1.29, 1.82) is 0 Å². The van der Waals surface area contributed by atoms with Crippen LogP contribution in [-0.2, 0) is 6.54 Å². The van der Waals surface area contributed by atoms with Gasteiger partial charge in [0.2, 0.25) is 0 Å². The van der Waals surface area contributed by atoms with Crippen molar-refractivity contribution in [2.24, 2.45) is 17.0 Å². The first kappa shape index (κ1) is 17.5. The molecule has 1 N–H and O–H groups in total. The number of rotatable bonds is 6. The Balaban J connectivity index is 1.82. The van der Waals surface area contributed by atoms with Crippen molar-refractivity contribution in [1.82, 2.24) is 10.3 Å². The summed E-state index contributed by atoms with van der Waals surface area (Å²) in [5.74, 6) is 1.18. The van der Waals surface area contributed by atoms with Crippen LogP contribution >= 0.6 is 0 Å². The molecule has 2 unspecified atom stereocenters. The van der Waals surface area contributed by atoms with Crippen molar-refractivity contribution in [2.45, 2.75) is 39.3 Å². The Morgan fingerprint density at radius 1 is 1.24 bits per heavy atom. The van der Waals surface area contributed by atoms with E-state index in [0.717, 1.165) is 24.9 Å². The van der Waals surface area contributed by atoms with Gasteiger partial charge in [-0.05, 0) is 47.1 Å². The molecule has 1 aromatic carbocycles. The third-order valence-electron chi connectivity index (χ3n) is 5.04. The third-order valence-corrected chi connectivity index (χ3v) is 5.04. The van der Waals surface area contributed by atoms with Gasteiger partial charge in [-0.3, -0.25) is 4.98 Å². The van der Waals surface area contributed by atoms with Crippen molar-refractivity contribution in [3.63, 3.8) is 0 Å². The van der Waals surface area contributed by atoms with Gasteiger partial charge in [0.25, 0.3) is 0 Å². The average Bonchev–Trinajstić information content (AvgIpc) is 2.67. The molecular weight excluding hydrogens is 310 g/mol. The van der Waals surface area contributed by atoms with Gasteiger partial charge in [0.15, 0.2) is 0 Å². The number of pyridine rings is 1. The van der Waals surface area contributed by atoms with Crippen molar-refractivity contribution < 1.29 is 0 Å². The summed E-state index contributed by atoms with van der Waals surface area (Å²) < 4.78 is 0. The van der Waals surface area contributed by atoms with Gasteiger partial charge in [0.05, 0.1) is 6.20 Å². The monoisotopic (exact) mass is 335 g/mol. The quantitative estimate of drug-likeness (QED) is 0.748. The third kappa shape index (κ3) is 4.40. The Kier molecular flexibility index (Phi) is 5.71. The molecule has 0 fully saturated rings. The number of nitrogens with zero attached hydrogens (tertiary/aromatic N) is 2. The second-order valence-corrected chi connectivity index (χ2v) is 7.09. The molecule has 25 heavy (non-hydrogen) atoms. The van der Waals surface area contributed by atoms with E-state index >= 15 is 0 Å². The molecule has 0 saturated heterocycles. The summed E-state index contributed by atoms with van der Waals surface area (Å²) in [6, 6.07) is 12.6. The van der Waals surface area contributed by atoms with Gasteiger partial charge in [-0.15, -0.1) is 4.91 Å². The summed E-state index contributed by atoms with van der Waals surface area (Å²) in [7, 11) is 0. The summed E-state index contributed by atoms with van der Waals surface area (Å²) in [6.07, 6.45) is 7.65. The van der Waals surface area contributed by atoms with Gasteiger partial charge in [-0.2, -0.15) is 0 Å². The first-order valence-corrected chi connectivity index (χ1v) is 8.93. The fourth-order valence-electron chi connectivity index (χ4n) is 3.50. The highest BCUT2D eigenvalue weighted by Gasteiger charge is 2.26. The fourth-order valence-corrected chi connectivity index (χ4v) is 3.50. The molecule has 130 valence electrons. The summed E-state index contributed by atoms with van der Waals surface area (Å²) >= 11 is 0. The molecular formula is C21H25N3O. The highest BCUT2D eigenvalue weighted by atomic mass is 16.3. The molecule has 0 amide bonds. The summed E-state index contributed by atoms with van der Waals surface area (Å²) in [6.45, 7) is 5.38. The normalized spacial score (nSPS) is 20.4. The highest BCUT2D eigenvalue weighted by molar-refractivity contribution is 5.75. The average molecular weight is 335 g/mol. The van der Waals surface area contributed by atoms with E-state index in [0.29, 0.717) is 23.6 Å². The predicted octanol–water partition coefficient (Wildman–Crippen LogP) is 5.09. The molecule has 3 rings (SSSR count). The van der Waals surface area contributed by atoms with Crippen molar-refractivity contribution >= 4 is 11.3 Å². The number of aromatic nitrogens is 1. The Hall–Kier alpha value is -2.33. The number of hydrogen-bond acceptors (Lipinski definition) is 4. The van der Waals surface area contributed by atoms with Gasteiger partial charge in [0.1, 0.15) is 5.69 Å². The van der Waals surface area contributed by atoms with E-state index in [1.807, 2.05) is 12.1 Å². The number of benzene rings is 1. The van der Waals surface area contributed by atoms with Crippen molar-refractivity contribution in [2.75, 3.05) is 0 Å². The molecule has 0 bridgehead atoms. The standard InChI is InChI=1S/C21H25N3O/c1-15(2)17-10-18(20-8-9-22-14-21(20)24-25)12-19(11-17)23-13-16-6-4-3-5-7-16/h3-9,12,14-15,17,19,23H,10-11,13H2,1-2H3. The zero-order valence-corrected chi connectivity index (χ0v) is 14.9. The van der Waals surface area contributed by atoms with Crippen molar-refractivity contribution in [3.05, 3.63) is 70.9 Å². The lowest BCUT2D eigenvalue weighted by Crippen LogP contribution is -2.33. The summed E-state index contributed by atoms with van der Waals surface area (Å²) in [5.41, 5.74) is 3.83. The maximum Gasteiger partial charge on any atom is 0.133 e. The smallest absolute Gasteiger partial charge is 0.133 e. The lowest BCUT2D eigenvalue weighted by Gasteiger charge is -2.32. The van der Waals surface area contributed by atoms with E-state index in [-0.39, 0.29) is 0 Å². The van der Waals surface area contributed by atoms with Crippen LogP contribution in [0.5, 0.6) is 0 Å². The largest absolute Gasteiger partial charge is 0.306 e. The van der Waals surface area contributed by atoms with Crippen LogP contribution < -0.4 is 5.32 Å². The number of nitrogens with one attached hydrogen (secondary N) is 1. The topological polar surface area (TPSA) is 54.4 Å². The van der Waals surface area contributed by atoms with Gasteiger partial charge >= 0.3 is 0 Å². The minimum absolute atomic E-state index is 0.295. The molecule has 0 aliphatic heterocycles. The van der Waals surface area contributed by atoms with Crippen LogP contribution in [0.2, 0.25) is 0 Å². The van der Waals surface area contributed by atoms with E-state index in [4.69, 9.17) is 0 Å². The van der Waals surface area contributed by atoms with E-state index in [1.54, 1.807) is 12.4 Å². The van der Waals surface area contributed by atoms with Crippen LogP contribution in [0.3, 0.4) is 0 Å². The highest BCUT2D eigenvalue weighted by Crippen LogP contribution is 2.38. The molecule has 1 aliphatic rings. The van der Waals surface area contributed by atoms with E-state index in [2.05, 4.69) is 59.7 Å². The predicted molar refractivity (Wildman–Crippen MR) is 102 cm³/mol. The molecule has 1 aromatic heterocycles. The van der Waals surface area contributed by atoms with Crippen LogP contribution in [0.25, 0.3) is 5.57 Å². The molecule has 4 nitrogen and oxygen atoms in total. The van der Waals surface area contributed by atoms with Crippen molar-refractivity contribution in [3.8, 4) is 0 Å². The minimum atomic E-state index is 0.295. The number of nitroso groups, excluding NO2 is 1. The fraction of sp³-hybridized carbons (Fsp3) is 0.381. The Labute approximate surface area is 149 Å². The maximum atomic E-state index is 11.1. The second kappa shape index (κ2) is 8.17. The number of hydrogen-bond donors (Lipinski definition) is 1. The Morgan fingerprint density at radius 3 is 2.76 bits per heavy atom. The van der Waals surface area contributed by atoms with Crippen LogP contribution in [0.1, 0.15) is 37.8 Å². The zero-order valence-electron chi connectivity index (χ0n) is 14.9. The molecule has 0 spiro atoms. The second-order valence-electron chi connectivity index (χ2n) is 7.09. The molecule has 1 heterocycles. The first-order valence-electron chi connectivity index (χ1n) is 8.93. The Morgan fingerprint density at radius 2 is 2.04 bits per heavy atom. The minimum Gasteiger partial charge on any atom is -0.306 e. The number of allylic oxidation sites excluding steroid dienone is 1. The van der Waals surface area contributed by atoms with Crippen LogP contribution in [0.4, 0.5) is 5.69 Å². The van der Waals surface area contributed by atoms with Gasteiger partial charge in [-0.25, -0.2) is 0 Å². The van der Waals surface area contributed by atoms with Crippen LogP contribution in [0, 0.1) is 16.7 Å². The van der Waals surface area contributed by atoms with E-state index < -0.39 is 0 Å². The molecule has 2 atom stereocenters. The van der Waals surface area contributed by atoms with Gasteiger partial charge < -0.3 is 5.32 Å². The maximum absolute atomic E-state index is 11.1. The van der Waals surface area contributed by atoms with Gasteiger partial charge in [-0.1, -0.05) is 50.3 Å². The van der Waals surface area contributed by atoms with Crippen LogP contribution in [-0.4, -0.2) is 11.0 Å². The molecule has 1 aliphatic carbocycles. The van der Waals surface area contributed by atoms with Crippen LogP contribution in [0.15, 0.2) is 60.0 Å². The lowest BCUT2D eigenvalue weighted by molar-refractivity contribution is 0.323. The molecule has 2 aromatic rings.